The molecule has 0 aliphatic carbocycles. The van der Waals surface area contributed by atoms with Crippen molar-refractivity contribution in [3.8, 4) is 0 Å². The summed E-state index contributed by atoms with van der Waals surface area (Å²) in [7, 11) is 0.437. The molecular weight excluding hydrogens is 324 g/mol. The monoisotopic (exact) mass is 355 g/mol. The highest BCUT2D eigenvalue weighted by Crippen LogP contribution is 2.20. The van der Waals surface area contributed by atoms with Crippen molar-refractivity contribution < 1.29 is 4.74 Å². The van der Waals surface area contributed by atoms with Gasteiger partial charge in [-0.25, -0.2) is 0 Å². The molecule has 1 aliphatic rings. The molecular formula is C23H31OS+. The van der Waals surface area contributed by atoms with E-state index < -0.39 is 0 Å². The highest BCUT2D eigenvalue weighted by molar-refractivity contribution is 7.95. The first-order valence-electron chi connectivity index (χ1n) is 9.74. The molecule has 134 valence electrons. The van der Waals surface area contributed by atoms with Gasteiger partial charge < -0.3 is 4.74 Å². The SMILES string of the molecule is c1ccc(C[S+](CCCCCC2CCCO2)Cc2ccccc2)cc1. The normalized spacial score (nSPS) is 17.2. The molecule has 1 unspecified atom stereocenters. The van der Waals surface area contributed by atoms with Crippen LogP contribution in [-0.2, 0) is 27.1 Å². The number of ether oxygens (including phenoxy) is 1. The van der Waals surface area contributed by atoms with Gasteiger partial charge in [-0.15, -0.1) is 0 Å². The van der Waals surface area contributed by atoms with E-state index in [0.29, 0.717) is 17.0 Å². The largest absolute Gasteiger partial charge is 0.378 e. The van der Waals surface area contributed by atoms with Gasteiger partial charge in [-0.2, -0.15) is 0 Å². The Morgan fingerprint density at radius 2 is 1.44 bits per heavy atom. The van der Waals surface area contributed by atoms with Gasteiger partial charge in [0.15, 0.2) is 0 Å². The summed E-state index contributed by atoms with van der Waals surface area (Å²) in [5.74, 6) is 3.80. The lowest BCUT2D eigenvalue weighted by Crippen LogP contribution is -2.14. The maximum Gasteiger partial charge on any atom is 0.133 e. The highest BCUT2D eigenvalue weighted by atomic mass is 32.2. The first kappa shape index (κ1) is 18.5. The molecule has 25 heavy (non-hydrogen) atoms. The maximum absolute atomic E-state index is 5.74. The number of hydrogen-bond donors (Lipinski definition) is 0. The zero-order valence-electron chi connectivity index (χ0n) is 15.2. The van der Waals surface area contributed by atoms with E-state index in [4.69, 9.17) is 4.74 Å². The molecule has 1 aliphatic heterocycles. The fraction of sp³-hybridized carbons (Fsp3) is 0.478. The van der Waals surface area contributed by atoms with E-state index in [1.807, 2.05) is 0 Å². The molecule has 1 nitrogen and oxygen atoms in total. The van der Waals surface area contributed by atoms with Gasteiger partial charge in [0, 0.05) is 17.7 Å². The van der Waals surface area contributed by atoms with Crippen LogP contribution in [0.5, 0.6) is 0 Å². The molecule has 1 heterocycles. The van der Waals surface area contributed by atoms with E-state index >= 15 is 0 Å². The van der Waals surface area contributed by atoms with Crippen LogP contribution in [0.2, 0.25) is 0 Å². The topological polar surface area (TPSA) is 9.23 Å². The molecule has 2 aromatic rings. The lowest BCUT2D eigenvalue weighted by molar-refractivity contribution is 0.102. The molecule has 0 bridgehead atoms. The van der Waals surface area contributed by atoms with Gasteiger partial charge in [0.1, 0.15) is 17.3 Å². The fourth-order valence-corrected chi connectivity index (χ4v) is 5.87. The van der Waals surface area contributed by atoms with Gasteiger partial charge in [0.25, 0.3) is 0 Å². The Balaban J connectivity index is 1.45. The molecule has 2 heteroatoms. The number of benzene rings is 2. The van der Waals surface area contributed by atoms with E-state index in [2.05, 4.69) is 60.7 Å². The third-order valence-electron chi connectivity index (χ3n) is 4.91. The van der Waals surface area contributed by atoms with Crippen molar-refractivity contribution in [2.75, 3.05) is 12.4 Å². The van der Waals surface area contributed by atoms with Crippen molar-refractivity contribution in [3.63, 3.8) is 0 Å². The van der Waals surface area contributed by atoms with Gasteiger partial charge in [0.05, 0.1) is 6.10 Å². The number of unbranched alkanes of at least 4 members (excludes halogenated alkanes) is 2. The molecule has 0 N–H and O–H groups in total. The maximum atomic E-state index is 5.74. The second-order valence-electron chi connectivity index (χ2n) is 7.06. The lowest BCUT2D eigenvalue weighted by atomic mass is 10.1. The van der Waals surface area contributed by atoms with Crippen LogP contribution in [0.3, 0.4) is 0 Å². The van der Waals surface area contributed by atoms with Crippen LogP contribution in [0.15, 0.2) is 60.7 Å². The van der Waals surface area contributed by atoms with Crippen molar-refractivity contribution in [1.82, 2.24) is 0 Å². The van der Waals surface area contributed by atoms with E-state index in [9.17, 15) is 0 Å². The standard InChI is InChI=1S/C23H31OS/c1-4-11-21(12-5-1)19-25(20-22-13-6-2-7-14-22)18-9-3-8-15-23-16-10-17-24-23/h1-2,4-7,11-14,23H,3,8-10,15-20H2/q+1. The predicted molar refractivity (Wildman–Crippen MR) is 110 cm³/mol. The van der Waals surface area contributed by atoms with Crippen molar-refractivity contribution >= 4 is 10.9 Å². The lowest BCUT2D eigenvalue weighted by Gasteiger charge is -2.11. The molecule has 0 saturated carbocycles. The van der Waals surface area contributed by atoms with Crippen molar-refractivity contribution in [2.24, 2.45) is 0 Å². The predicted octanol–water partition coefficient (Wildman–Crippen LogP) is 5.74. The fourth-order valence-electron chi connectivity index (χ4n) is 3.54. The Kier molecular flexibility index (Phi) is 7.92. The minimum absolute atomic E-state index is 0.437. The summed E-state index contributed by atoms with van der Waals surface area (Å²) in [6.07, 6.45) is 8.42. The molecule has 1 fully saturated rings. The van der Waals surface area contributed by atoms with Crippen molar-refractivity contribution in [1.29, 1.82) is 0 Å². The third kappa shape index (κ3) is 6.87. The summed E-state index contributed by atoms with van der Waals surface area (Å²) in [6, 6.07) is 22.0. The van der Waals surface area contributed by atoms with Gasteiger partial charge in [0.2, 0.25) is 0 Å². The van der Waals surface area contributed by atoms with E-state index in [1.165, 1.54) is 66.9 Å². The highest BCUT2D eigenvalue weighted by Gasteiger charge is 2.20. The smallest absolute Gasteiger partial charge is 0.133 e. The van der Waals surface area contributed by atoms with Crippen LogP contribution in [0.4, 0.5) is 0 Å². The molecule has 1 saturated heterocycles. The summed E-state index contributed by atoms with van der Waals surface area (Å²) >= 11 is 0. The van der Waals surface area contributed by atoms with Gasteiger partial charge in [-0.1, -0.05) is 67.1 Å². The Bertz CT molecular complexity index is 536. The quantitative estimate of drug-likeness (QED) is 0.390. The summed E-state index contributed by atoms with van der Waals surface area (Å²) in [4.78, 5) is 0. The summed E-state index contributed by atoms with van der Waals surface area (Å²) in [6.45, 7) is 0.988. The van der Waals surface area contributed by atoms with Crippen molar-refractivity contribution in [3.05, 3.63) is 71.8 Å². The van der Waals surface area contributed by atoms with E-state index in [1.54, 1.807) is 0 Å². The third-order valence-corrected chi connectivity index (χ3v) is 7.26. The van der Waals surface area contributed by atoms with Crippen LogP contribution in [0.25, 0.3) is 0 Å². The van der Waals surface area contributed by atoms with E-state index in [0.717, 1.165) is 6.61 Å². The van der Waals surface area contributed by atoms with E-state index in [-0.39, 0.29) is 0 Å². The van der Waals surface area contributed by atoms with Gasteiger partial charge in [-0.3, -0.25) is 0 Å². The molecule has 0 radical (unpaired) electrons. The average Bonchev–Trinajstić information content (AvgIpc) is 3.16. The molecule has 3 rings (SSSR count). The van der Waals surface area contributed by atoms with Crippen LogP contribution >= 0.6 is 0 Å². The summed E-state index contributed by atoms with van der Waals surface area (Å²) in [5.41, 5.74) is 2.97. The second kappa shape index (κ2) is 10.7. The van der Waals surface area contributed by atoms with Crippen LogP contribution in [0.1, 0.15) is 49.7 Å². The zero-order chi connectivity index (χ0) is 17.2. The average molecular weight is 356 g/mol. The number of hydrogen-bond acceptors (Lipinski definition) is 1. The zero-order valence-corrected chi connectivity index (χ0v) is 16.1. The first-order chi connectivity index (χ1) is 12.4. The van der Waals surface area contributed by atoms with Gasteiger partial charge in [-0.05, 0) is 43.0 Å². The summed E-state index contributed by atoms with van der Waals surface area (Å²) < 4.78 is 5.74. The molecule has 2 aromatic carbocycles. The first-order valence-corrected chi connectivity index (χ1v) is 11.5. The Morgan fingerprint density at radius 1 is 0.800 bits per heavy atom. The molecule has 1 atom stereocenters. The molecule has 0 amide bonds. The van der Waals surface area contributed by atoms with Crippen LogP contribution < -0.4 is 0 Å². The molecule has 0 spiro atoms. The molecule has 0 aromatic heterocycles. The Hall–Kier alpha value is -1.25. The number of rotatable bonds is 10. The second-order valence-corrected chi connectivity index (χ2v) is 9.27. The Labute approximate surface area is 156 Å². The minimum Gasteiger partial charge on any atom is -0.378 e. The Morgan fingerprint density at radius 3 is 2.00 bits per heavy atom. The van der Waals surface area contributed by atoms with Crippen molar-refractivity contribution in [2.45, 2.75) is 56.1 Å². The van der Waals surface area contributed by atoms with Crippen LogP contribution in [0, 0.1) is 0 Å². The van der Waals surface area contributed by atoms with Gasteiger partial charge >= 0.3 is 0 Å². The minimum atomic E-state index is 0.437. The summed E-state index contributed by atoms with van der Waals surface area (Å²) in [5, 5.41) is 0. The van der Waals surface area contributed by atoms with Crippen LogP contribution in [-0.4, -0.2) is 18.5 Å².